The second kappa shape index (κ2) is 5.32. The third-order valence-corrected chi connectivity index (χ3v) is 3.67. The van der Waals surface area contributed by atoms with Gasteiger partial charge in [0, 0.05) is 0 Å². The number of halogens is 1. The molecule has 8 heteroatoms. The number of hydrogen-bond acceptors (Lipinski definition) is 4. The van der Waals surface area contributed by atoms with E-state index in [4.69, 9.17) is 5.11 Å². The summed E-state index contributed by atoms with van der Waals surface area (Å²) in [5, 5.41) is 8.61. The van der Waals surface area contributed by atoms with Gasteiger partial charge in [-0.25, -0.2) is 12.8 Å². The first kappa shape index (κ1) is 14.4. The van der Waals surface area contributed by atoms with Gasteiger partial charge in [-0.15, -0.1) is 0 Å². The number of nitrogens with one attached hydrogen (secondary N) is 1. The van der Waals surface area contributed by atoms with Crippen LogP contribution in [0.1, 0.15) is 6.92 Å². The van der Waals surface area contributed by atoms with Gasteiger partial charge in [0.1, 0.15) is 6.04 Å². The molecule has 0 heterocycles. The van der Waals surface area contributed by atoms with Crippen LogP contribution >= 0.6 is 0 Å². The van der Waals surface area contributed by atoms with Gasteiger partial charge < -0.3 is 9.84 Å². The van der Waals surface area contributed by atoms with Gasteiger partial charge >= 0.3 is 5.97 Å². The second-order valence-corrected chi connectivity index (χ2v) is 5.19. The molecule has 2 N–H and O–H groups in total. The summed E-state index contributed by atoms with van der Waals surface area (Å²) in [6.45, 7) is 1.17. The van der Waals surface area contributed by atoms with Gasteiger partial charge in [0.15, 0.2) is 11.6 Å². The van der Waals surface area contributed by atoms with Gasteiger partial charge in [-0.2, -0.15) is 4.72 Å². The highest BCUT2D eigenvalue weighted by Crippen LogP contribution is 2.20. The molecule has 0 fully saturated rings. The van der Waals surface area contributed by atoms with E-state index in [0.717, 1.165) is 18.2 Å². The van der Waals surface area contributed by atoms with E-state index in [0.29, 0.717) is 0 Å². The van der Waals surface area contributed by atoms with Gasteiger partial charge in [-0.05, 0) is 25.1 Å². The zero-order chi connectivity index (χ0) is 13.9. The highest BCUT2D eigenvalue weighted by atomic mass is 32.2. The largest absolute Gasteiger partial charge is 0.494 e. The van der Waals surface area contributed by atoms with E-state index in [2.05, 4.69) is 4.74 Å². The Balaban J connectivity index is 3.06. The lowest BCUT2D eigenvalue weighted by atomic mass is 10.3. The zero-order valence-electron chi connectivity index (χ0n) is 9.68. The fourth-order valence-corrected chi connectivity index (χ4v) is 2.37. The molecule has 0 bridgehead atoms. The summed E-state index contributed by atoms with van der Waals surface area (Å²) in [5.74, 6) is -2.27. The Kier molecular flexibility index (Phi) is 4.25. The number of hydrogen-bond donors (Lipinski definition) is 2. The van der Waals surface area contributed by atoms with Gasteiger partial charge in [0.2, 0.25) is 10.0 Å². The zero-order valence-corrected chi connectivity index (χ0v) is 10.5. The van der Waals surface area contributed by atoms with Crippen molar-refractivity contribution in [3.8, 4) is 5.75 Å². The molecular formula is C10H12FNO5S. The number of carboxylic acids is 1. The van der Waals surface area contributed by atoms with Crippen LogP contribution in [0.3, 0.4) is 0 Å². The molecule has 0 saturated heterocycles. The summed E-state index contributed by atoms with van der Waals surface area (Å²) in [4.78, 5) is 10.2. The summed E-state index contributed by atoms with van der Waals surface area (Å²) in [7, 11) is -2.83. The number of carbonyl (C=O) groups is 1. The minimum absolute atomic E-state index is 0.0970. The molecule has 1 aromatic rings. The Morgan fingerprint density at radius 2 is 2.11 bits per heavy atom. The standard InChI is InChI=1S/C10H12FNO5S/c1-6(10(13)14)12-18(15,16)7-3-4-9(17-2)8(11)5-7/h3-6,12H,1-2H3,(H,13,14)/t6-/m0/s1. The van der Waals surface area contributed by atoms with Crippen molar-refractivity contribution in [2.75, 3.05) is 7.11 Å². The maximum Gasteiger partial charge on any atom is 0.321 e. The number of benzene rings is 1. The van der Waals surface area contributed by atoms with Crippen molar-refractivity contribution in [2.24, 2.45) is 0 Å². The fourth-order valence-electron chi connectivity index (χ4n) is 1.17. The summed E-state index contributed by atoms with van der Waals surface area (Å²) in [5.41, 5.74) is 0. The minimum atomic E-state index is -4.08. The molecule has 0 aliphatic rings. The summed E-state index contributed by atoms with van der Waals surface area (Å²) in [6, 6.07) is 1.73. The highest BCUT2D eigenvalue weighted by molar-refractivity contribution is 7.89. The average Bonchev–Trinajstić information content (AvgIpc) is 2.28. The Bertz CT molecular complexity index is 557. The quantitative estimate of drug-likeness (QED) is 0.821. The molecule has 0 aliphatic carbocycles. The van der Waals surface area contributed by atoms with Gasteiger partial charge in [-0.3, -0.25) is 4.79 Å². The molecule has 1 aromatic carbocycles. The molecule has 0 aromatic heterocycles. The van der Waals surface area contributed by atoms with Crippen LogP contribution in [0, 0.1) is 5.82 Å². The lowest BCUT2D eigenvalue weighted by Crippen LogP contribution is -2.38. The van der Waals surface area contributed by atoms with Crippen molar-refractivity contribution in [1.82, 2.24) is 4.72 Å². The van der Waals surface area contributed by atoms with E-state index in [-0.39, 0.29) is 10.6 Å². The summed E-state index contributed by atoms with van der Waals surface area (Å²) < 4.78 is 43.3. The molecule has 18 heavy (non-hydrogen) atoms. The third kappa shape index (κ3) is 3.17. The lowest BCUT2D eigenvalue weighted by molar-refractivity contribution is -0.138. The van der Waals surface area contributed by atoms with Crippen molar-refractivity contribution >= 4 is 16.0 Å². The van der Waals surface area contributed by atoms with Crippen molar-refractivity contribution in [3.05, 3.63) is 24.0 Å². The number of aliphatic carboxylic acids is 1. The van der Waals surface area contributed by atoms with Crippen LogP contribution in [-0.4, -0.2) is 32.6 Å². The normalized spacial score (nSPS) is 13.1. The molecule has 6 nitrogen and oxygen atoms in total. The summed E-state index contributed by atoms with van der Waals surface area (Å²) in [6.07, 6.45) is 0. The topological polar surface area (TPSA) is 92.7 Å². The maximum atomic E-state index is 13.3. The average molecular weight is 277 g/mol. The van der Waals surface area contributed by atoms with Crippen LogP contribution in [0.25, 0.3) is 0 Å². The fraction of sp³-hybridized carbons (Fsp3) is 0.300. The highest BCUT2D eigenvalue weighted by Gasteiger charge is 2.22. The Morgan fingerprint density at radius 3 is 2.56 bits per heavy atom. The number of sulfonamides is 1. The molecule has 1 rings (SSSR count). The first-order chi connectivity index (χ1) is 8.27. The predicted octanol–water partition coefficient (Wildman–Crippen LogP) is 0.586. The van der Waals surface area contributed by atoms with E-state index < -0.39 is 27.9 Å². The Labute approximate surface area is 103 Å². The van der Waals surface area contributed by atoms with E-state index in [1.807, 2.05) is 4.72 Å². The minimum Gasteiger partial charge on any atom is -0.494 e. The van der Waals surface area contributed by atoms with E-state index >= 15 is 0 Å². The monoisotopic (exact) mass is 277 g/mol. The first-order valence-corrected chi connectivity index (χ1v) is 6.35. The lowest BCUT2D eigenvalue weighted by Gasteiger charge is -2.11. The van der Waals surface area contributed by atoms with E-state index in [9.17, 15) is 17.6 Å². The van der Waals surface area contributed by atoms with Crippen LogP contribution in [0.5, 0.6) is 5.75 Å². The smallest absolute Gasteiger partial charge is 0.321 e. The molecule has 0 amide bonds. The van der Waals surface area contributed by atoms with Crippen molar-refractivity contribution in [3.63, 3.8) is 0 Å². The van der Waals surface area contributed by atoms with Crippen molar-refractivity contribution < 1.29 is 27.4 Å². The Hall–Kier alpha value is -1.67. The van der Waals surface area contributed by atoms with Crippen molar-refractivity contribution in [2.45, 2.75) is 17.9 Å². The van der Waals surface area contributed by atoms with Crippen LogP contribution < -0.4 is 9.46 Å². The summed E-state index contributed by atoms with van der Waals surface area (Å²) >= 11 is 0. The van der Waals surface area contributed by atoms with Crippen LogP contribution in [0.2, 0.25) is 0 Å². The maximum absolute atomic E-state index is 13.3. The Morgan fingerprint density at radius 1 is 1.50 bits per heavy atom. The first-order valence-electron chi connectivity index (χ1n) is 4.86. The molecule has 0 aliphatic heterocycles. The predicted molar refractivity (Wildman–Crippen MR) is 60.4 cm³/mol. The van der Waals surface area contributed by atoms with E-state index in [1.165, 1.54) is 14.0 Å². The van der Waals surface area contributed by atoms with Gasteiger partial charge in [0.05, 0.1) is 12.0 Å². The molecule has 1 atom stereocenters. The number of methoxy groups -OCH3 is 1. The number of ether oxygens (including phenoxy) is 1. The van der Waals surface area contributed by atoms with Crippen LogP contribution in [0.15, 0.2) is 23.1 Å². The third-order valence-electron chi connectivity index (χ3n) is 2.14. The van der Waals surface area contributed by atoms with Gasteiger partial charge in [0.25, 0.3) is 0 Å². The van der Waals surface area contributed by atoms with Crippen molar-refractivity contribution in [1.29, 1.82) is 0 Å². The van der Waals surface area contributed by atoms with Crippen LogP contribution in [0.4, 0.5) is 4.39 Å². The number of rotatable bonds is 5. The molecule has 0 saturated carbocycles. The number of carboxylic acid groups (broad SMARTS) is 1. The van der Waals surface area contributed by atoms with Crippen LogP contribution in [-0.2, 0) is 14.8 Å². The molecule has 0 spiro atoms. The second-order valence-electron chi connectivity index (χ2n) is 3.48. The molecular weight excluding hydrogens is 265 g/mol. The SMILES string of the molecule is COc1ccc(S(=O)(=O)N[C@@H](C)C(=O)O)cc1F. The van der Waals surface area contributed by atoms with E-state index in [1.54, 1.807) is 0 Å². The molecule has 100 valence electrons. The molecule has 0 radical (unpaired) electrons. The molecule has 0 unspecified atom stereocenters. The van der Waals surface area contributed by atoms with Gasteiger partial charge in [-0.1, -0.05) is 0 Å².